The number of nitrogens with zero attached hydrogens (tertiary/aromatic N) is 5. The second-order valence-electron chi connectivity index (χ2n) is 8.93. The molecule has 164 valence electrons. The molecule has 3 aromatic rings. The highest BCUT2D eigenvalue weighted by Crippen LogP contribution is 2.32. The van der Waals surface area contributed by atoms with E-state index >= 15 is 0 Å². The Morgan fingerprint density at radius 1 is 1.26 bits per heavy atom. The lowest BCUT2D eigenvalue weighted by Crippen LogP contribution is -2.29. The number of nitrogens with two attached hydrogens (primary N) is 1. The van der Waals surface area contributed by atoms with Crippen molar-refractivity contribution in [3.63, 3.8) is 0 Å². The Balaban J connectivity index is 1.42. The van der Waals surface area contributed by atoms with Crippen LogP contribution in [0.2, 0.25) is 0 Å². The zero-order chi connectivity index (χ0) is 21.4. The fraction of sp³-hybridized carbons (Fsp3) is 0.522. The van der Waals surface area contributed by atoms with E-state index in [0.717, 1.165) is 69.7 Å². The number of fused-ring (bicyclic) bond motifs is 3. The fourth-order valence-electron chi connectivity index (χ4n) is 4.98. The van der Waals surface area contributed by atoms with Crippen LogP contribution >= 0.6 is 0 Å². The first-order chi connectivity index (χ1) is 15.1. The number of anilines is 1. The van der Waals surface area contributed by atoms with Crippen LogP contribution in [0, 0.1) is 5.92 Å². The van der Waals surface area contributed by atoms with Crippen LogP contribution in [-0.2, 0) is 30.7 Å². The molecule has 0 radical (unpaired) electrons. The van der Waals surface area contributed by atoms with Gasteiger partial charge in [0.15, 0.2) is 0 Å². The molecule has 1 amide bonds. The molecule has 2 aliphatic rings. The lowest BCUT2D eigenvalue weighted by atomic mass is 9.98. The molecule has 0 saturated carbocycles. The number of carbonyl (C=O) groups excluding carboxylic acids is 1. The Hall–Kier alpha value is -2.87. The highest BCUT2D eigenvalue weighted by molar-refractivity contribution is 5.86. The summed E-state index contributed by atoms with van der Waals surface area (Å²) in [6, 6.07) is 6.87. The Morgan fingerprint density at radius 2 is 2.16 bits per heavy atom. The molecule has 1 saturated heterocycles. The van der Waals surface area contributed by atoms with Gasteiger partial charge in [-0.15, -0.1) is 0 Å². The molecule has 5 rings (SSSR count). The van der Waals surface area contributed by atoms with Gasteiger partial charge in [-0.25, -0.2) is 4.98 Å². The molecule has 1 fully saturated rings. The summed E-state index contributed by atoms with van der Waals surface area (Å²) < 4.78 is 4.33. The minimum absolute atomic E-state index is 0.0149. The number of amides is 1. The zero-order valence-electron chi connectivity index (χ0n) is 18.1. The predicted octanol–water partition coefficient (Wildman–Crippen LogP) is 2.03. The lowest BCUT2D eigenvalue weighted by molar-refractivity contribution is -0.121. The van der Waals surface area contributed by atoms with Gasteiger partial charge >= 0.3 is 0 Å². The normalized spacial score (nSPS) is 21.3. The van der Waals surface area contributed by atoms with Crippen molar-refractivity contribution in [3.05, 3.63) is 42.0 Å². The van der Waals surface area contributed by atoms with Gasteiger partial charge in [-0.2, -0.15) is 5.10 Å². The van der Waals surface area contributed by atoms with Crippen molar-refractivity contribution in [2.45, 2.75) is 51.7 Å². The lowest BCUT2D eigenvalue weighted by Gasteiger charge is -2.24. The molecule has 8 heteroatoms. The van der Waals surface area contributed by atoms with Crippen LogP contribution < -0.4 is 11.1 Å². The summed E-state index contributed by atoms with van der Waals surface area (Å²) in [6.07, 6.45) is 7.69. The van der Waals surface area contributed by atoms with Gasteiger partial charge in [-0.05, 0) is 50.9 Å². The monoisotopic (exact) mass is 421 g/mol. The summed E-state index contributed by atoms with van der Waals surface area (Å²) in [6.45, 7) is 6.50. The minimum Gasteiger partial charge on any atom is -0.382 e. The van der Waals surface area contributed by atoms with E-state index in [-0.39, 0.29) is 11.8 Å². The van der Waals surface area contributed by atoms with Gasteiger partial charge in [0, 0.05) is 62.3 Å². The molecular weight excluding hydrogens is 390 g/mol. The van der Waals surface area contributed by atoms with Crippen LogP contribution in [0.3, 0.4) is 0 Å². The van der Waals surface area contributed by atoms with Crippen molar-refractivity contribution in [1.29, 1.82) is 0 Å². The van der Waals surface area contributed by atoms with Crippen LogP contribution in [0.25, 0.3) is 11.0 Å². The summed E-state index contributed by atoms with van der Waals surface area (Å²) in [5.74, 6) is 0.908. The fourth-order valence-corrected chi connectivity index (χ4v) is 4.98. The van der Waals surface area contributed by atoms with Crippen LogP contribution in [0.5, 0.6) is 0 Å². The first-order valence-electron chi connectivity index (χ1n) is 11.3. The molecular formula is C23H31N7O. The smallest absolute Gasteiger partial charge is 0.221 e. The second kappa shape index (κ2) is 8.34. The van der Waals surface area contributed by atoms with Crippen molar-refractivity contribution in [1.82, 2.24) is 24.2 Å². The number of rotatable bonds is 7. The highest BCUT2D eigenvalue weighted by Gasteiger charge is 2.27. The number of carbonyl (C=O) groups is 1. The number of imidazole rings is 1. The van der Waals surface area contributed by atoms with Crippen LogP contribution in [0.1, 0.15) is 31.2 Å². The first-order valence-corrected chi connectivity index (χ1v) is 11.3. The molecule has 0 bridgehead atoms. The maximum absolute atomic E-state index is 11.5. The molecule has 2 aromatic heterocycles. The topological polar surface area (TPSA) is 94.0 Å². The maximum atomic E-state index is 11.5. The maximum Gasteiger partial charge on any atom is 0.221 e. The Morgan fingerprint density at radius 3 is 2.94 bits per heavy atom. The third-order valence-electron chi connectivity index (χ3n) is 6.77. The van der Waals surface area contributed by atoms with Crippen molar-refractivity contribution in [2.24, 2.45) is 11.7 Å². The van der Waals surface area contributed by atoms with E-state index in [2.05, 4.69) is 38.9 Å². The number of likely N-dealkylation sites (tertiary alicyclic amines) is 1. The van der Waals surface area contributed by atoms with Crippen LogP contribution in [0.15, 0.2) is 30.6 Å². The third kappa shape index (κ3) is 4.04. The summed E-state index contributed by atoms with van der Waals surface area (Å²) in [7, 11) is 0. The average molecular weight is 422 g/mol. The summed E-state index contributed by atoms with van der Waals surface area (Å²) in [5.41, 5.74) is 10.4. The molecule has 0 unspecified atom stereocenters. The number of benzene rings is 1. The van der Waals surface area contributed by atoms with Gasteiger partial charge in [-0.1, -0.05) is 0 Å². The van der Waals surface area contributed by atoms with Crippen molar-refractivity contribution in [3.8, 4) is 0 Å². The number of nitrogens with one attached hydrogen (secondary N) is 1. The molecule has 2 atom stereocenters. The number of primary amides is 1. The highest BCUT2D eigenvalue weighted by atomic mass is 16.1. The van der Waals surface area contributed by atoms with E-state index in [9.17, 15) is 4.79 Å². The van der Waals surface area contributed by atoms with Gasteiger partial charge in [0.2, 0.25) is 5.91 Å². The SMILES string of the molecule is C[C@H]1CCc2c(ccc3c2nc(CCn2cccn2)n3CCN2CC[C@H](C(N)=O)C2)N1. The summed E-state index contributed by atoms with van der Waals surface area (Å²) in [4.78, 5) is 19.0. The standard InChI is InChI=1S/C23H31N7O/c1-16-3-4-18-19(26-16)5-6-20-22(18)27-21(8-12-29-10-2-9-25-29)30(20)14-13-28-11-7-17(15-28)23(24)31/h2,5-6,9-10,16-17,26H,3-4,7-8,11-15H2,1H3,(H2,24,31)/t16-,17-/m0/s1. The number of hydrogen-bond acceptors (Lipinski definition) is 5. The van der Waals surface area contributed by atoms with E-state index < -0.39 is 0 Å². The van der Waals surface area contributed by atoms with E-state index in [1.807, 2.05) is 23.1 Å². The van der Waals surface area contributed by atoms with E-state index in [4.69, 9.17) is 10.7 Å². The average Bonchev–Trinajstić information content (AvgIpc) is 3.50. The molecule has 0 aliphatic carbocycles. The number of aromatic nitrogens is 4. The Kier molecular flexibility index (Phi) is 5.40. The second-order valence-corrected chi connectivity index (χ2v) is 8.93. The minimum atomic E-state index is -0.177. The molecule has 8 nitrogen and oxygen atoms in total. The largest absolute Gasteiger partial charge is 0.382 e. The van der Waals surface area contributed by atoms with Crippen LogP contribution in [-0.4, -0.2) is 55.8 Å². The van der Waals surface area contributed by atoms with Gasteiger partial charge in [0.25, 0.3) is 0 Å². The zero-order valence-corrected chi connectivity index (χ0v) is 18.1. The molecule has 1 aromatic carbocycles. The number of aryl methyl sites for hydroxylation is 3. The van der Waals surface area contributed by atoms with Gasteiger partial charge in [0.05, 0.1) is 17.0 Å². The van der Waals surface area contributed by atoms with Gasteiger partial charge in [0.1, 0.15) is 5.82 Å². The molecule has 3 N–H and O–H groups in total. The van der Waals surface area contributed by atoms with E-state index in [1.54, 1.807) is 0 Å². The molecule has 2 aliphatic heterocycles. The quantitative estimate of drug-likeness (QED) is 0.609. The van der Waals surface area contributed by atoms with E-state index in [0.29, 0.717) is 6.04 Å². The van der Waals surface area contributed by atoms with Gasteiger partial charge < -0.3 is 20.5 Å². The predicted molar refractivity (Wildman–Crippen MR) is 121 cm³/mol. The Bertz CT molecular complexity index is 1070. The van der Waals surface area contributed by atoms with Crippen LogP contribution in [0.4, 0.5) is 5.69 Å². The van der Waals surface area contributed by atoms with Crippen molar-refractivity contribution < 1.29 is 4.79 Å². The summed E-state index contributed by atoms with van der Waals surface area (Å²) >= 11 is 0. The van der Waals surface area contributed by atoms with E-state index in [1.165, 1.54) is 16.8 Å². The van der Waals surface area contributed by atoms with Crippen molar-refractivity contribution >= 4 is 22.6 Å². The molecule has 31 heavy (non-hydrogen) atoms. The molecule has 4 heterocycles. The molecule has 0 spiro atoms. The summed E-state index contributed by atoms with van der Waals surface area (Å²) in [5, 5.41) is 7.96. The Labute approximate surface area is 182 Å². The number of hydrogen-bond donors (Lipinski definition) is 2. The third-order valence-corrected chi connectivity index (χ3v) is 6.77. The van der Waals surface area contributed by atoms with Crippen molar-refractivity contribution in [2.75, 3.05) is 25.0 Å². The first kappa shape index (κ1) is 20.1. The van der Waals surface area contributed by atoms with Gasteiger partial charge in [-0.3, -0.25) is 9.48 Å².